The van der Waals surface area contributed by atoms with E-state index >= 15 is 0 Å². The number of allylic oxidation sites excluding steroid dienone is 1. The Balaban J connectivity index is 2.48. The number of ether oxygens (including phenoxy) is 1. The second kappa shape index (κ2) is 6.00. The predicted octanol–water partition coefficient (Wildman–Crippen LogP) is 2.18. The van der Waals surface area contributed by atoms with Gasteiger partial charge in [0.25, 0.3) is 0 Å². The Kier molecular flexibility index (Phi) is 4.34. The van der Waals surface area contributed by atoms with E-state index in [0.717, 1.165) is 0 Å². The van der Waals surface area contributed by atoms with Gasteiger partial charge in [-0.2, -0.15) is 0 Å². The van der Waals surface area contributed by atoms with Gasteiger partial charge in [0.1, 0.15) is 5.82 Å². The van der Waals surface area contributed by atoms with E-state index in [-0.39, 0.29) is 6.61 Å². The van der Waals surface area contributed by atoms with Crippen molar-refractivity contribution < 1.29 is 13.9 Å². The highest BCUT2D eigenvalue weighted by Gasteiger charge is 2.32. The Morgan fingerprint density at radius 1 is 1.45 bits per heavy atom. The molecular formula is C14H15FN2O2S. The lowest BCUT2D eigenvalue weighted by atomic mass is 9.95. The number of hydrogen-bond acceptors (Lipinski definition) is 3. The minimum absolute atomic E-state index is 0.254. The molecule has 0 amide bonds. The third-order valence-electron chi connectivity index (χ3n) is 2.98. The molecule has 1 aromatic rings. The molecular weight excluding hydrogens is 279 g/mol. The van der Waals surface area contributed by atoms with E-state index in [1.54, 1.807) is 32.0 Å². The Morgan fingerprint density at radius 2 is 2.15 bits per heavy atom. The molecule has 1 atom stereocenters. The maximum absolute atomic E-state index is 14.0. The first-order chi connectivity index (χ1) is 9.54. The van der Waals surface area contributed by atoms with E-state index < -0.39 is 17.8 Å². The average molecular weight is 294 g/mol. The Hall–Kier alpha value is -1.95. The summed E-state index contributed by atoms with van der Waals surface area (Å²) in [5, 5.41) is 6.13. The Morgan fingerprint density at radius 3 is 2.80 bits per heavy atom. The molecule has 6 heteroatoms. The standard InChI is InChI=1S/C14H15FN2O2S/c1-3-19-13(18)11-8(2)16-14(20)17-12(11)9-6-4-5-7-10(9)15/h4-7,12H,3H2,1-2H3,(H2,16,17,20)/t12-/m1/s1. The van der Waals surface area contributed by atoms with Gasteiger partial charge in [0.15, 0.2) is 5.11 Å². The van der Waals surface area contributed by atoms with Crippen LogP contribution in [0.2, 0.25) is 0 Å². The summed E-state index contributed by atoms with van der Waals surface area (Å²) in [6, 6.07) is 5.62. The molecule has 0 spiro atoms. The summed E-state index contributed by atoms with van der Waals surface area (Å²) < 4.78 is 19.0. The largest absolute Gasteiger partial charge is 0.463 e. The van der Waals surface area contributed by atoms with Gasteiger partial charge in [-0.05, 0) is 32.1 Å². The highest BCUT2D eigenvalue weighted by Crippen LogP contribution is 2.29. The van der Waals surface area contributed by atoms with Crippen LogP contribution in [0.3, 0.4) is 0 Å². The fraction of sp³-hybridized carbons (Fsp3) is 0.286. The predicted molar refractivity (Wildman–Crippen MR) is 77.3 cm³/mol. The number of nitrogens with one attached hydrogen (secondary N) is 2. The van der Waals surface area contributed by atoms with Crippen LogP contribution in [0.1, 0.15) is 25.5 Å². The fourth-order valence-corrected chi connectivity index (χ4v) is 2.39. The van der Waals surface area contributed by atoms with Gasteiger partial charge in [0, 0.05) is 11.3 Å². The number of carbonyl (C=O) groups excluding carboxylic acids is 1. The number of halogens is 1. The van der Waals surface area contributed by atoms with Gasteiger partial charge in [-0.25, -0.2) is 9.18 Å². The van der Waals surface area contributed by atoms with Gasteiger partial charge < -0.3 is 15.4 Å². The lowest BCUT2D eigenvalue weighted by Gasteiger charge is -2.29. The molecule has 1 aliphatic rings. The molecule has 0 radical (unpaired) electrons. The molecule has 106 valence electrons. The van der Waals surface area contributed by atoms with Crippen LogP contribution in [0, 0.1) is 5.82 Å². The molecule has 4 nitrogen and oxygen atoms in total. The van der Waals surface area contributed by atoms with Crippen LogP contribution in [-0.2, 0) is 9.53 Å². The monoisotopic (exact) mass is 294 g/mol. The van der Waals surface area contributed by atoms with Crippen molar-refractivity contribution in [3.05, 3.63) is 46.9 Å². The molecule has 20 heavy (non-hydrogen) atoms. The first-order valence-corrected chi connectivity index (χ1v) is 6.65. The van der Waals surface area contributed by atoms with E-state index in [2.05, 4.69) is 10.6 Å². The average Bonchev–Trinajstić information content (AvgIpc) is 2.38. The van der Waals surface area contributed by atoms with Crippen LogP contribution in [0.25, 0.3) is 0 Å². The van der Waals surface area contributed by atoms with Crippen LogP contribution in [-0.4, -0.2) is 17.7 Å². The second-order valence-corrected chi connectivity index (χ2v) is 4.72. The van der Waals surface area contributed by atoms with Crippen molar-refractivity contribution >= 4 is 23.3 Å². The van der Waals surface area contributed by atoms with Gasteiger partial charge in [0.2, 0.25) is 0 Å². The maximum Gasteiger partial charge on any atom is 0.338 e. The van der Waals surface area contributed by atoms with Crippen LogP contribution < -0.4 is 10.6 Å². The number of thiocarbonyl (C=S) groups is 1. The molecule has 1 aliphatic heterocycles. The molecule has 0 unspecified atom stereocenters. The molecule has 0 saturated carbocycles. The van der Waals surface area contributed by atoms with Crippen molar-refractivity contribution in [1.29, 1.82) is 0 Å². The van der Waals surface area contributed by atoms with E-state index in [1.807, 2.05) is 0 Å². The summed E-state index contributed by atoms with van der Waals surface area (Å²) in [6.45, 7) is 3.69. The zero-order valence-corrected chi connectivity index (χ0v) is 12.0. The molecule has 0 fully saturated rings. The highest BCUT2D eigenvalue weighted by molar-refractivity contribution is 7.80. The molecule has 1 heterocycles. The van der Waals surface area contributed by atoms with Crippen LogP contribution in [0.15, 0.2) is 35.5 Å². The lowest BCUT2D eigenvalue weighted by molar-refractivity contribution is -0.139. The third kappa shape index (κ3) is 2.80. The summed E-state index contributed by atoms with van der Waals surface area (Å²) in [5.74, 6) is -0.884. The minimum Gasteiger partial charge on any atom is -0.463 e. The number of carbonyl (C=O) groups is 1. The topological polar surface area (TPSA) is 50.4 Å². The number of benzene rings is 1. The zero-order valence-electron chi connectivity index (χ0n) is 11.2. The van der Waals surface area contributed by atoms with Crippen molar-refractivity contribution in [3.63, 3.8) is 0 Å². The Bertz CT molecular complexity index is 586. The number of rotatable bonds is 3. The van der Waals surface area contributed by atoms with Crippen LogP contribution >= 0.6 is 12.2 Å². The van der Waals surface area contributed by atoms with E-state index in [4.69, 9.17) is 17.0 Å². The minimum atomic E-state index is -0.649. The first kappa shape index (κ1) is 14.5. The van der Waals surface area contributed by atoms with Gasteiger partial charge >= 0.3 is 5.97 Å². The number of esters is 1. The smallest absolute Gasteiger partial charge is 0.338 e. The van der Waals surface area contributed by atoms with Crippen LogP contribution in [0.4, 0.5) is 4.39 Å². The maximum atomic E-state index is 14.0. The van der Waals surface area contributed by atoms with Gasteiger partial charge in [-0.1, -0.05) is 18.2 Å². The van der Waals surface area contributed by atoms with Crippen molar-refractivity contribution in [2.45, 2.75) is 19.9 Å². The van der Waals surface area contributed by atoms with E-state index in [1.165, 1.54) is 6.07 Å². The normalized spacial score (nSPS) is 18.4. The van der Waals surface area contributed by atoms with Gasteiger partial charge in [0.05, 0.1) is 18.2 Å². The zero-order chi connectivity index (χ0) is 14.7. The van der Waals surface area contributed by atoms with E-state index in [9.17, 15) is 9.18 Å². The van der Waals surface area contributed by atoms with Crippen LogP contribution in [0.5, 0.6) is 0 Å². The second-order valence-electron chi connectivity index (χ2n) is 4.31. The SMILES string of the molecule is CCOC(=O)C1=C(C)NC(=S)N[C@@H]1c1ccccc1F. The molecule has 0 aromatic heterocycles. The summed E-state index contributed by atoms with van der Waals surface area (Å²) in [5.41, 5.74) is 1.27. The fourth-order valence-electron chi connectivity index (χ4n) is 2.12. The number of hydrogen-bond donors (Lipinski definition) is 2. The molecule has 0 aliphatic carbocycles. The summed E-state index contributed by atoms with van der Waals surface area (Å²) in [4.78, 5) is 12.1. The third-order valence-corrected chi connectivity index (χ3v) is 3.20. The highest BCUT2D eigenvalue weighted by atomic mass is 32.1. The summed E-state index contributed by atoms with van der Waals surface area (Å²) in [7, 11) is 0. The molecule has 2 N–H and O–H groups in total. The molecule has 2 rings (SSSR count). The van der Waals surface area contributed by atoms with Gasteiger partial charge in [-0.3, -0.25) is 0 Å². The Labute approximate surface area is 122 Å². The quantitative estimate of drug-likeness (QED) is 0.661. The van der Waals surface area contributed by atoms with Crippen molar-refractivity contribution in [3.8, 4) is 0 Å². The van der Waals surface area contributed by atoms with Crippen molar-refractivity contribution in [2.75, 3.05) is 6.61 Å². The van der Waals surface area contributed by atoms with E-state index in [0.29, 0.717) is 21.9 Å². The molecule has 1 aromatic carbocycles. The summed E-state index contributed by atoms with van der Waals surface area (Å²) >= 11 is 5.08. The molecule has 0 bridgehead atoms. The van der Waals surface area contributed by atoms with Gasteiger partial charge in [-0.15, -0.1) is 0 Å². The van der Waals surface area contributed by atoms with Crippen molar-refractivity contribution in [1.82, 2.24) is 10.6 Å². The molecule has 0 saturated heterocycles. The van der Waals surface area contributed by atoms with Crippen molar-refractivity contribution in [2.24, 2.45) is 0 Å². The lowest BCUT2D eigenvalue weighted by Crippen LogP contribution is -2.45. The first-order valence-electron chi connectivity index (χ1n) is 6.24. The summed E-state index contributed by atoms with van der Waals surface area (Å²) in [6.07, 6.45) is 0.